The highest BCUT2D eigenvalue weighted by Gasteiger charge is 2.17. The minimum absolute atomic E-state index is 0.351. The smallest absolute Gasteiger partial charge is 0.164 e. The number of unbranched alkanes of at least 4 members (excludes halogenated alkanes) is 1. The minimum atomic E-state index is 0.351. The van der Waals surface area contributed by atoms with Gasteiger partial charge < -0.3 is 5.11 Å². The third-order valence-corrected chi connectivity index (χ3v) is 3.29. The molecule has 1 aromatic carbocycles. The molecule has 0 bridgehead atoms. The van der Waals surface area contributed by atoms with Gasteiger partial charge in [0.2, 0.25) is 0 Å². The summed E-state index contributed by atoms with van der Waals surface area (Å²) >= 11 is 0. The number of benzene rings is 1. The van der Waals surface area contributed by atoms with Gasteiger partial charge in [-0.15, -0.1) is 0 Å². The van der Waals surface area contributed by atoms with Gasteiger partial charge in [-0.3, -0.25) is 4.68 Å². The van der Waals surface area contributed by atoms with E-state index in [1.165, 1.54) is 0 Å². The summed E-state index contributed by atoms with van der Waals surface area (Å²) in [4.78, 5) is 0. The molecule has 1 aromatic heterocycles. The van der Waals surface area contributed by atoms with Crippen LogP contribution in [-0.4, -0.2) is 14.9 Å². The fraction of sp³-hybridized carbons (Fsp3) is 0.438. The molecule has 3 heteroatoms. The zero-order valence-electron chi connectivity index (χ0n) is 11.8. The Hall–Kier alpha value is -1.77. The normalized spacial score (nSPS) is 10.8. The number of aromatic hydroxyl groups is 1. The Balaban J connectivity index is 2.39. The van der Waals surface area contributed by atoms with Crippen LogP contribution in [0.25, 0.3) is 11.3 Å². The van der Waals surface area contributed by atoms with Crippen molar-refractivity contribution in [1.82, 2.24) is 9.78 Å². The summed E-state index contributed by atoms with van der Waals surface area (Å²) in [7, 11) is 0. The van der Waals surface area contributed by atoms with Crippen LogP contribution in [0.3, 0.4) is 0 Å². The molecule has 0 spiro atoms. The average Bonchev–Trinajstić information content (AvgIpc) is 2.75. The van der Waals surface area contributed by atoms with E-state index in [4.69, 9.17) is 0 Å². The summed E-state index contributed by atoms with van der Waals surface area (Å²) in [6, 6.07) is 9.89. The number of nitrogens with zero attached hydrogens (tertiary/aromatic N) is 2. The van der Waals surface area contributed by atoms with Crippen LogP contribution in [-0.2, 0) is 13.0 Å². The van der Waals surface area contributed by atoms with E-state index in [1.54, 1.807) is 0 Å². The van der Waals surface area contributed by atoms with Gasteiger partial charge in [-0.1, -0.05) is 57.0 Å². The van der Waals surface area contributed by atoms with Crippen LogP contribution in [0.2, 0.25) is 0 Å². The SMILES string of the molecule is CCCCn1nc(-c2ccccc2)c(O)c1CCC. The molecule has 0 unspecified atom stereocenters. The average molecular weight is 258 g/mol. The lowest BCUT2D eigenvalue weighted by molar-refractivity contribution is 0.460. The molecule has 0 saturated heterocycles. The monoisotopic (exact) mass is 258 g/mol. The highest BCUT2D eigenvalue weighted by atomic mass is 16.3. The first-order chi connectivity index (χ1) is 9.27. The summed E-state index contributed by atoms with van der Waals surface area (Å²) in [5, 5.41) is 15.0. The van der Waals surface area contributed by atoms with Crippen LogP contribution in [0.4, 0.5) is 0 Å². The van der Waals surface area contributed by atoms with Crippen molar-refractivity contribution < 1.29 is 5.11 Å². The molecule has 0 aliphatic carbocycles. The van der Waals surface area contributed by atoms with E-state index in [9.17, 15) is 5.11 Å². The molecule has 0 atom stereocenters. The van der Waals surface area contributed by atoms with E-state index < -0.39 is 0 Å². The molecule has 0 radical (unpaired) electrons. The van der Waals surface area contributed by atoms with E-state index in [1.807, 2.05) is 35.0 Å². The molecule has 19 heavy (non-hydrogen) atoms. The Bertz CT molecular complexity index is 517. The van der Waals surface area contributed by atoms with Crippen molar-refractivity contribution in [1.29, 1.82) is 0 Å². The number of hydrogen-bond acceptors (Lipinski definition) is 2. The number of aromatic nitrogens is 2. The zero-order chi connectivity index (χ0) is 13.7. The molecule has 3 nitrogen and oxygen atoms in total. The van der Waals surface area contributed by atoms with Gasteiger partial charge in [-0.25, -0.2) is 0 Å². The molecule has 2 aromatic rings. The first-order valence-corrected chi connectivity index (χ1v) is 7.12. The number of hydrogen-bond donors (Lipinski definition) is 1. The van der Waals surface area contributed by atoms with Crippen molar-refractivity contribution in [2.75, 3.05) is 0 Å². The van der Waals surface area contributed by atoms with E-state index in [-0.39, 0.29) is 0 Å². The lowest BCUT2D eigenvalue weighted by Gasteiger charge is -2.05. The fourth-order valence-corrected chi connectivity index (χ4v) is 2.25. The van der Waals surface area contributed by atoms with Gasteiger partial charge >= 0.3 is 0 Å². The first-order valence-electron chi connectivity index (χ1n) is 7.12. The third kappa shape index (κ3) is 2.98. The highest BCUT2D eigenvalue weighted by Crippen LogP contribution is 2.32. The fourth-order valence-electron chi connectivity index (χ4n) is 2.25. The highest BCUT2D eigenvalue weighted by molar-refractivity contribution is 5.67. The Labute approximate surface area is 114 Å². The molecule has 1 heterocycles. The Morgan fingerprint density at radius 1 is 1.11 bits per heavy atom. The first kappa shape index (κ1) is 13.7. The quantitative estimate of drug-likeness (QED) is 0.850. The number of aryl methyl sites for hydroxylation is 1. The van der Waals surface area contributed by atoms with Crippen molar-refractivity contribution in [3.05, 3.63) is 36.0 Å². The van der Waals surface area contributed by atoms with E-state index in [0.29, 0.717) is 11.4 Å². The summed E-state index contributed by atoms with van der Waals surface area (Å²) in [5.74, 6) is 0.351. The second-order valence-electron chi connectivity index (χ2n) is 4.84. The molecule has 0 fully saturated rings. The molecular weight excluding hydrogens is 236 g/mol. The van der Waals surface area contributed by atoms with Crippen LogP contribution >= 0.6 is 0 Å². The number of rotatable bonds is 6. The van der Waals surface area contributed by atoms with E-state index in [0.717, 1.165) is 43.5 Å². The molecule has 2 rings (SSSR count). The van der Waals surface area contributed by atoms with E-state index >= 15 is 0 Å². The van der Waals surface area contributed by atoms with Crippen LogP contribution in [0.1, 0.15) is 38.8 Å². The molecule has 1 N–H and O–H groups in total. The summed E-state index contributed by atoms with van der Waals surface area (Å²) in [6.07, 6.45) is 4.11. The second kappa shape index (κ2) is 6.41. The van der Waals surface area contributed by atoms with Gasteiger partial charge in [0.05, 0.1) is 5.69 Å². The van der Waals surface area contributed by atoms with E-state index in [2.05, 4.69) is 18.9 Å². The minimum Gasteiger partial charge on any atom is -0.504 e. The standard InChI is InChI=1S/C16H22N2O/c1-3-5-12-18-14(9-4-2)16(19)15(17-18)13-10-7-6-8-11-13/h6-8,10-11,19H,3-5,9,12H2,1-2H3. The Morgan fingerprint density at radius 3 is 2.47 bits per heavy atom. The Morgan fingerprint density at radius 2 is 1.84 bits per heavy atom. The van der Waals surface area contributed by atoms with Crippen molar-refractivity contribution in [3.63, 3.8) is 0 Å². The molecule has 0 aliphatic heterocycles. The predicted molar refractivity (Wildman–Crippen MR) is 78.2 cm³/mol. The summed E-state index contributed by atoms with van der Waals surface area (Å²) < 4.78 is 1.98. The third-order valence-electron chi connectivity index (χ3n) is 3.29. The topological polar surface area (TPSA) is 38.0 Å². The molecular formula is C16H22N2O. The predicted octanol–water partition coefficient (Wildman–Crippen LogP) is 4.01. The van der Waals surface area contributed by atoms with Crippen molar-refractivity contribution in [2.24, 2.45) is 0 Å². The zero-order valence-corrected chi connectivity index (χ0v) is 11.8. The van der Waals surface area contributed by atoms with Crippen molar-refractivity contribution in [2.45, 2.75) is 46.1 Å². The van der Waals surface area contributed by atoms with Crippen molar-refractivity contribution >= 4 is 0 Å². The molecule has 102 valence electrons. The van der Waals surface area contributed by atoms with Gasteiger partial charge in [-0.2, -0.15) is 5.10 Å². The largest absolute Gasteiger partial charge is 0.504 e. The molecule has 0 aliphatic rings. The van der Waals surface area contributed by atoms with Crippen LogP contribution in [0.5, 0.6) is 5.75 Å². The van der Waals surface area contributed by atoms with Crippen LogP contribution in [0.15, 0.2) is 30.3 Å². The summed E-state index contributed by atoms with van der Waals surface area (Å²) in [5.41, 5.74) is 2.66. The lowest BCUT2D eigenvalue weighted by Crippen LogP contribution is -2.05. The lowest BCUT2D eigenvalue weighted by atomic mass is 10.1. The van der Waals surface area contributed by atoms with Gasteiger partial charge in [0.25, 0.3) is 0 Å². The molecule has 0 saturated carbocycles. The van der Waals surface area contributed by atoms with Crippen LogP contribution in [0, 0.1) is 0 Å². The maximum atomic E-state index is 10.4. The summed E-state index contributed by atoms with van der Waals surface area (Å²) in [6.45, 7) is 5.17. The van der Waals surface area contributed by atoms with Crippen LogP contribution < -0.4 is 0 Å². The van der Waals surface area contributed by atoms with Gasteiger partial charge in [0.1, 0.15) is 5.69 Å². The maximum absolute atomic E-state index is 10.4. The van der Waals surface area contributed by atoms with Crippen molar-refractivity contribution in [3.8, 4) is 17.0 Å². The maximum Gasteiger partial charge on any atom is 0.164 e. The second-order valence-corrected chi connectivity index (χ2v) is 4.84. The van der Waals surface area contributed by atoms with Gasteiger partial charge in [-0.05, 0) is 12.8 Å². The Kier molecular flexibility index (Phi) is 4.61. The van der Waals surface area contributed by atoms with Gasteiger partial charge in [0, 0.05) is 12.1 Å². The van der Waals surface area contributed by atoms with Gasteiger partial charge in [0.15, 0.2) is 5.75 Å². The molecule has 0 amide bonds.